The molecule has 1 aromatic carbocycles. The van der Waals surface area contributed by atoms with E-state index in [4.69, 9.17) is 17.3 Å². The number of nitrogens with two attached hydrogens (primary N) is 1. The Hall–Kier alpha value is -0.930. The quantitative estimate of drug-likeness (QED) is 0.826. The highest BCUT2D eigenvalue weighted by Gasteiger charge is 2.11. The molecule has 0 saturated heterocycles. The van der Waals surface area contributed by atoms with Crippen LogP contribution in [-0.2, 0) is 11.2 Å². The number of Topliss-reactive ketones (excluding diaryl/α,β-unsaturated/α-hetero) is 1. The van der Waals surface area contributed by atoms with Gasteiger partial charge in [0.1, 0.15) is 11.6 Å². The summed E-state index contributed by atoms with van der Waals surface area (Å²) in [7, 11) is 0. The Bertz CT molecular complexity index is 409. The molecule has 0 fully saturated rings. The molecule has 0 aromatic heterocycles. The SMILES string of the molecule is CC(CCN)CCC(=O)Cc1cccc(F)c1Cl. The van der Waals surface area contributed by atoms with Gasteiger partial charge in [0, 0.05) is 12.8 Å². The molecule has 1 atom stereocenters. The molecule has 1 aromatic rings. The van der Waals surface area contributed by atoms with E-state index in [2.05, 4.69) is 6.92 Å². The molecule has 0 spiro atoms. The minimum atomic E-state index is -0.474. The maximum atomic E-state index is 13.2. The molecular formula is C14H19ClFNO. The largest absolute Gasteiger partial charge is 0.330 e. The van der Waals surface area contributed by atoms with Crippen LogP contribution in [0.15, 0.2) is 18.2 Å². The second kappa shape index (κ2) is 7.49. The molecule has 0 aliphatic rings. The highest BCUT2D eigenvalue weighted by atomic mass is 35.5. The zero-order valence-corrected chi connectivity index (χ0v) is 11.3. The van der Waals surface area contributed by atoms with Gasteiger partial charge in [-0.05, 0) is 36.9 Å². The number of carbonyl (C=O) groups is 1. The van der Waals surface area contributed by atoms with E-state index in [9.17, 15) is 9.18 Å². The fraction of sp³-hybridized carbons (Fsp3) is 0.500. The lowest BCUT2D eigenvalue weighted by Gasteiger charge is -2.09. The van der Waals surface area contributed by atoms with Gasteiger partial charge in [-0.15, -0.1) is 0 Å². The molecule has 0 aliphatic carbocycles. The first-order valence-corrected chi connectivity index (χ1v) is 6.57. The highest BCUT2D eigenvalue weighted by Crippen LogP contribution is 2.21. The van der Waals surface area contributed by atoms with Crippen molar-refractivity contribution in [1.29, 1.82) is 0 Å². The summed E-state index contributed by atoms with van der Waals surface area (Å²) in [5.41, 5.74) is 6.01. The number of ketones is 1. The number of hydrogen-bond donors (Lipinski definition) is 1. The van der Waals surface area contributed by atoms with Crippen LogP contribution < -0.4 is 5.73 Å². The van der Waals surface area contributed by atoms with Crippen molar-refractivity contribution in [3.05, 3.63) is 34.6 Å². The maximum absolute atomic E-state index is 13.2. The molecule has 100 valence electrons. The van der Waals surface area contributed by atoms with Crippen molar-refractivity contribution in [2.24, 2.45) is 11.7 Å². The first-order chi connectivity index (χ1) is 8.54. The molecule has 1 unspecified atom stereocenters. The molecule has 0 aliphatic heterocycles. The Labute approximate surface area is 112 Å². The zero-order chi connectivity index (χ0) is 13.5. The molecular weight excluding hydrogens is 253 g/mol. The lowest BCUT2D eigenvalue weighted by molar-refractivity contribution is -0.118. The van der Waals surface area contributed by atoms with E-state index in [1.807, 2.05) is 0 Å². The minimum Gasteiger partial charge on any atom is -0.330 e. The van der Waals surface area contributed by atoms with Crippen LogP contribution in [-0.4, -0.2) is 12.3 Å². The van der Waals surface area contributed by atoms with Crippen molar-refractivity contribution in [3.8, 4) is 0 Å². The van der Waals surface area contributed by atoms with E-state index < -0.39 is 5.82 Å². The number of carbonyl (C=O) groups excluding carboxylic acids is 1. The zero-order valence-electron chi connectivity index (χ0n) is 10.6. The summed E-state index contributed by atoms with van der Waals surface area (Å²) >= 11 is 5.81. The van der Waals surface area contributed by atoms with Crippen molar-refractivity contribution < 1.29 is 9.18 Å². The van der Waals surface area contributed by atoms with Gasteiger partial charge >= 0.3 is 0 Å². The average Bonchev–Trinajstić information content (AvgIpc) is 2.33. The number of benzene rings is 1. The molecule has 0 saturated carbocycles. The lowest BCUT2D eigenvalue weighted by atomic mass is 9.98. The van der Waals surface area contributed by atoms with Crippen molar-refractivity contribution in [2.75, 3.05) is 6.54 Å². The highest BCUT2D eigenvalue weighted by molar-refractivity contribution is 6.31. The van der Waals surface area contributed by atoms with Gasteiger partial charge in [-0.1, -0.05) is 30.7 Å². The topological polar surface area (TPSA) is 43.1 Å². The van der Waals surface area contributed by atoms with Gasteiger partial charge in [-0.3, -0.25) is 4.79 Å². The first kappa shape index (κ1) is 15.1. The van der Waals surface area contributed by atoms with Crippen LogP contribution in [0.5, 0.6) is 0 Å². The van der Waals surface area contributed by atoms with Gasteiger partial charge < -0.3 is 5.73 Å². The van der Waals surface area contributed by atoms with E-state index in [-0.39, 0.29) is 17.2 Å². The predicted octanol–water partition coefficient (Wildman–Crippen LogP) is 3.36. The Kier molecular flexibility index (Phi) is 6.30. The summed E-state index contributed by atoms with van der Waals surface area (Å²) in [4.78, 5) is 11.8. The number of halogens is 2. The Morgan fingerprint density at radius 1 is 1.44 bits per heavy atom. The first-order valence-electron chi connectivity index (χ1n) is 6.19. The molecule has 2 N–H and O–H groups in total. The van der Waals surface area contributed by atoms with E-state index in [0.717, 1.165) is 12.8 Å². The number of rotatable bonds is 7. The molecule has 18 heavy (non-hydrogen) atoms. The standard InChI is InChI=1S/C14H19ClFNO/c1-10(7-8-17)5-6-12(18)9-11-3-2-4-13(16)14(11)15/h2-4,10H,5-9,17H2,1H3. The van der Waals surface area contributed by atoms with E-state index >= 15 is 0 Å². The third-order valence-corrected chi connectivity index (χ3v) is 3.42. The van der Waals surface area contributed by atoms with Crippen LogP contribution in [0.1, 0.15) is 31.7 Å². The van der Waals surface area contributed by atoms with Crippen LogP contribution in [0, 0.1) is 11.7 Å². The number of hydrogen-bond acceptors (Lipinski definition) is 2. The summed E-state index contributed by atoms with van der Waals surface area (Å²) in [5.74, 6) is 0.0618. The molecule has 0 heterocycles. The fourth-order valence-corrected chi connectivity index (χ4v) is 2.01. The van der Waals surface area contributed by atoms with E-state index in [1.165, 1.54) is 6.07 Å². The minimum absolute atomic E-state index is 0.0563. The molecule has 0 bridgehead atoms. The average molecular weight is 272 g/mol. The Morgan fingerprint density at radius 2 is 2.17 bits per heavy atom. The van der Waals surface area contributed by atoms with Gasteiger partial charge in [0.25, 0.3) is 0 Å². The van der Waals surface area contributed by atoms with Crippen LogP contribution in [0.4, 0.5) is 4.39 Å². The summed E-state index contributed by atoms with van der Waals surface area (Å²) in [5, 5.41) is 0.0563. The van der Waals surface area contributed by atoms with Gasteiger partial charge in [0.05, 0.1) is 5.02 Å². The van der Waals surface area contributed by atoms with Crippen LogP contribution in [0.3, 0.4) is 0 Å². The maximum Gasteiger partial charge on any atom is 0.142 e. The fourth-order valence-electron chi connectivity index (χ4n) is 1.82. The normalized spacial score (nSPS) is 12.4. The summed E-state index contributed by atoms with van der Waals surface area (Å²) in [6.07, 6.45) is 2.44. The Morgan fingerprint density at radius 3 is 2.83 bits per heavy atom. The second-order valence-corrected chi connectivity index (χ2v) is 5.03. The third kappa shape index (κ3) is 4.75. The van der Waals surface area contributed by atoms with Crippen molar-refractivity contribution in [1.82, 2.24) is 0 Å². The van der Waals surface area contributed by atoms with Gasteiger partial charge in [0.2, 0.25) is 0 Å². The van der Waals surface area contributed by atoms with Crippen molar-refractivity contribution >= 4 is 17.4 Å². The molecule has 2 nitrogen and oxygen atoms in total. The van der Waals surface area contributed by atoms with Crippen LogP contribution in [0.2, 0.25) is 5.02 Å². The third-order valence-electron chi connectivity index (χ3n) is 2.99. The van der Waals surface area contributed by atoms with Crippen molar-refractivity contribution in [2.45, 2.75) is 32.6 Å². The van der Waals surface area contributed by atoms with Gasteiger partial charge in [-0.25, -0.2) is 4.39 Å². The van der Waals surface area contributed by atoms with Crippen LogP contribution in [0.25, 0.3) is 0 Å². The predicted molar refractivity (Wildman–Crippen MR) is 72.2 cm³/mol. The molecule has 1 rings (SSSR count). The monoisotopic (exact) mass is 271 g/mol. The molecule has 0 radical (unpaired) electrons. The second-order valence-electron chi connectivity index (χ2n) is 4.65. The molecule has 0 amide bonds. The smallest absolute Gasteiger partial charge is 0.142 e. The lowest BCUT2D eigenvalue weighted by Crippen LogP contribution is -2.09. The Balaban J connectivity index is 2.47. The molecule has 4 heteroatoms. The van der Waals surface area contributed by atoms with E-state index in [1.54, 1.807) is 12.1 Å². The van der Waals surface area contributed by atoms with Crippen LogP contribution >= 0.6 is 11.6 Å². The van der Waals surface area contributed by atoms with Gasteiger partial charge in [0.15, 0.2) is 0 Å². The summed E-state index contributed by atoms with van der Waals surface area (Å²) < 4.78 is 13.2. The van der Waals surface area contributed by atoms with Gasteiger partial charge in [-0.2, -0.15) is 0 Å². The van der Waals surface area contributed by atoms with Crippen molar-refractivity contribution in [3.63, 3.8) is 0 Å². The van der Waals surface area contributed by atoms with E-state index in [0.29, 0.717) is 24.4 Å². The summed E-state index contributed by atoms with van der Waals surface area (Å²) in [6.45, 7) is 2.72. The summed E-state index contributed by atoms with van der Waals surface area (Å²) in [6, 6.07) is 4.55.